The maximum atomic E-state index is 12.0. The zero-order chi connectivity index (χ0) is 47.3. The second kappa shape index (κ2) is 19.3. The highest BCUT2D eigenvalue weighted by molar-refractivity contribution is 6.23. The van der Waals surface area contributed by atoms with Crippen LogP contribution in [0.15, 0.2) is 156 Å². The standard InChI is InChI=1S/2C26H22N4O4/c31-23-10-5-13-29(23)16-17-6-4-9-19(14-17)27-25(18-7-2-1-3-8-18)24-21-15-20(30(33)34)11-12-22(21)28-26(24)32;31-23-7-4-14-29(23)16-17-8-10-19(11-9-17)27-25(18-5-2-1-3-6-18)24-21-15-20(30(33)34)12-13-22(21)28-26(24)32/h1-4,6-9,11-12,14-15,28,32H,5,10,13,16H2;1-3,5-6,8-13,15,28,32H,4,7,14,16H2. The first-order valence-electron chi connectivity index (χ1n) is 22.0. The Kier molecular flexibility index (Phi) is 12.6. The molecule has 68 heavy (non-hydrogen) atoms. The fourth-order valence-corrected chi connectivity index (χ4v) is 8.60. The molecule has 16 nitrogen and oxygen atoms in total. The Hall–Kier alpha value is -8.92. The lowest BCUT2D eigenvalue weighted by molar-refractivity contribution is -0.384. The summed E-state index contributed by atoms with van der Waals surface area (Å²) in [6.45, 7) is 2.63. The predicted octanol–water partition coefficient (Wildman–Crippen LogP) is 10.1. The Labute approximate surface area is 388 Å². The minimum absolute atomic E-state index is 0.0685. The molecule has 0 saturated carbocycles. The molecule has 0 unspecified atom stereocenters. The van der Waals surface area contributed by atoms with Crippen LogP contribution in [0.3, 0.4) is 0 Å². The average Bonchev–Trinajstić information content (AvgIpc) is 4.12. The molecular weight excluding hydrogens is 865 g/mol. The summed E-state index contributed by atoms with van der Waals surface area (Å²) in [5, 5.41) is 45.3. The summed E-state index contributed by atoms with van der Waals surface area (Å²) >= 11 is 0. The van der Waals surface area contributed by atoms with Crippen molar-refractivity contribution in [1.29, 1.82) is 0 Å². The fourth-order valence-electron chi connectivity index (χ4n) is 8.60. The van der Waals surface area contributed by atoms with E-state index in [0.717, 1.165) is 48.2 Å². The van der Waals surface area contributed by atoms with Crippen molar-refractivity contribution in [2.75, 3.05) is 13.1 Å². The van der Waals surface area contributed by atoms with Gasteiger partial charge in [-0.3, -0.25) is 29.8 Å². The maximum Gasteiger partial charge on any atom is 0.270 e. The van der Waals surface area contributed by atoms with Gasteiger partial charge in [-0.25, -0.2) is 9.98 Å². The number of nitrogens with one attached hydrogen (secondary N) is 2. The van der Waals surface area contributed by atoms with Crippen LogP contribution in [0.2, 0.25) is 0 Å². The molecular formula is C52H44N8O8. The van der Waals surface area contributed by atoms with Gasteiger partial charge in [-0.15, -0.1) is 0 Å². The van der Waals surface area contributed by atoms with Crippen LogP contribution in [0.1, 0.15) is 59.1 Å². The molecule has 2 amide bonds. The highest BCUT2D eigenvalue weighted by Crippen LogP contribution is 2.36. The van der Waals surface area contributed by atoms with E-state index in [-0.39, 0.29) is 34.9 Å². The van der Waals surface area contributed by atoms with E-state index in [2.05, 4.69) is 9.97 Å². The van der Waals surface area contributed by atoms with Crippen molar-refractivity contribution in [2.24, 2.45) is 9.98 Å². The number of benzene rings is 6. The van der Waals surface area contributed by atoms with Crippen LogP contribution in [-0.4, -0.2) is 76.2 Å². The van der Waals surface area contributed by atoms with Crippen molar-refractivity contribution in [1.82, 2.24) is 19.8 Å². The third-order valence-corrected chi connectivity index (χ3v) is 11.9. The molecule has 4 N–H and O–H groups in total. The zero-order valence-corrected chi connectivity index (χ0v) is 36.5. The van der Waals surface area contributed by atoms with Crippen LogP contribution >= 0.6 is 0 Å². The summed E-state index contributed by atoms with van der Waals surface area (Å²) in [5.41, 5.74) is 7.59. The van der Waals surface area contributed by atoms with E-state index in [9.17, 15) is 40.0 Å². The molecule has 16 heteroatoms. The number of amides is 2. The average molecular weight is 909 g/mol. The van der Waals surface area contributed by atoms with E-state index < -0.39 is 9.85 Å². The number of aromatic hydroxyl groups is 2. The second-order valence-corrected chi connectivity index (χ2v) is 16.5. The number of aliphatic imine (C=N–C) groups is 2. The van der Waals surface area contributed by atoms with Crippen LogP contribution in [0.25, 0.3) is 21.8 Å². The van der Waals surface area contributed by atoms with Gasteiger partial charge >= 0.3 is 0 Å². The lowest BCUT2D eigenvalue weighted by Gasteiger charge is -2.15. The number of nitrogens with zero attached hydrogens (tertiary/aromatic N) is 6. The second-order valence-electron chi connectivity index (χ2n) is 16.5. The van der Waals surface area contributed by atoms with Crippen molar-refractivity contribution in [2.45, 2.75) is 38.8 Å². The quantitative estimate of drug-likeness (QED) is 0.0523. The Bertz CT molecular complexity index is 3270. The molecule has 340 valence electrons. The van der Waals surface area contributed by atoms with Crippen LogP contribution in [0.4, 0.5) is 22.7 Å². The highest BCUT2D eigenvalue weighted by Gasteiger charge is 2.24. The molecule has 0 aliphatic carbocycles. The first-order chi connectivity index (χ1) is 33.0. The van der Waals surface area contributed by atoms with Gasteiger partial charge in [0, 0.05) is 96.2 Å². The molecule has 0 bridgehead atoms. The molecule has 2 aliphatic heterocycles. The molecule has 0 spiro atoms. The van der Waals surface area contributed by atoms with Crippen LogP contribution in [0, 0.1) is 20.2 Å². The lowest BCUT2D eigenvalue weighted by Crippen LogP contribution is -2.23. The molecule has 8 aromatic rings. The van der Waals surface area contributed by atoms with E-state index >= 15 is 0 Å². The molecule has 0 atom stereocenters. The number of hydrogen-bond donors (Lipinski definition) is 4. The van der Waals surface area contributed by atoms with Crippen molar-refractivity contribution >= 4 is 67.8 Å². The summed E-state index contributed by atoms with van der Waals surface area (Å²) in [5.74, 6) is 0.112. The minimum Gasteiger partial charge on any atom is -0.494 e. The Morgan fingerprint density at radius 2 is 1.01 bits per heavy atom. The van der Waals surface area contributed by atoms with Crippen LogP contribution in [-0.2, 0) is 22.7 Å². The van der Waals surface area contributed by atoms with E-state index in [1.807, 2.05) is 119 Å². The molecule has 6 aromatic carbocycles. The zero-order valence-electron chi connectivity index (χ0n) is 36.5. The van der Waals surface area contributed by atoms with E-state index in [4.69, 9.17) is 9.98 Å². The Morgan fingerprint density at radius 3 is 1.47 bits per heavy atom. The molecule has 0 radical (unpaired) electrons. The van der Waals surface area contributed by atoms with E-state index in [0.29, 0.717) is 81.7 Å². The number of non-ortho nitro benzene ring substituents is 2. The normalized spacial score (nSPS) is 14.2. The van der Waals surface area contributed by atoms with E-state index in [1.165, 1.54) is 24.3 Å². The summed E-state index contributed by atoms with van der Waals surface area (Å²) in [7, 11) is 0. The molecule has 2 aromatic heterocycles. The maximum absolute atomic E-state index is 12.0. The smallest absolute Gasteiger partial charge is 0.270 e. The number of fused-ring (bicyclic) bond motifs is 2. The largest absolute Gasteiger partial charge is 0.494 e. The number of aromatic amines is 2. The van der Waals surface area contributed by atoms with Crippen LogP contribution < -0.4 is 0 Å². The van der Waals surface area contributed by atoms with Crippen molar-refractivity contribution in [3.63, 3.8) is 0 Å². The number of hydrogen-bond acceptors (Lipinski definition) is 10. The van der Waals surface area contributed by atoms with Gasteiger partial charge in [-0.1, -0.05) is 84.9 Å². The lowest BCUT2D eigenvalue weighted by atomic mass is 10.0. The fraction of sp³-hybridized carbons (Fsp3) is 0.154. The van der Waals surface area contributed by atoms with Crippen molar-refractivity contribution < 1.29 is 29.6 Å². The first kappa shape index (κ1) is 44.3. The minimum atomic E-state index is -0.463. The number of likely N-dealkylation sites (tertiary alicyclic amines) is 2. The Morgan fingerprint density at radius 1 is 0.544 bits per heavy atom. The van der Waals surface area contributed by atoms with Gasteiger partial charge in [-0.2, -0.15) is 0 Å². The number of rotatable bonds is 12. The molecule has 10 rings (SSSR count). The summed E-state index contributed by atoms with van der Waals surface area (Å²) in [6, 6.07) is 42.8. The van der Waals surface area contributed by atoms with Gasteiger partial charge in [0.25, 0.3) is 11.4 Å². The number of nitro groups is 2. The summed E-state index contributed by atoms with van der Waals surface area (Å²) < 4.78 is 0. The summed E-state index contributed by atoms with van der Waals surface area (Å²) in [4.78, 5) is 64.9. The van der Waals surface area contributed by atoms with Crippen molar-refractivity contribution in [3.8, 4) is 11.8 Å². The summed E-state index contributed by atoms with van der Waals surface area (Å²) in [6.07, 6.45) is 2.96. The van der Waals surface area contributed by atoms with Crippen molar-refractivity contribution in [3.05, 3.63) is 199 Å². The molecule has 2 saturated heterocycles. The van der Waals surface area contributed by atoms with Gasteiger partial charge < -0.3 is 30.0 Å². The molecule has 2 aliphatic rings. The van der Waals surface area contributed by atoms with Gasteiger partial charge in [0.2, 0.25) is 11.8 Å². The monoisotopic (exact) mass is 908 g/mol. The molecule has 4 heterocycles. The highest BCUT2D eigenvalue weighted by atomic mass is 16.6. The van der Waals surface area contributed by atoms with E-state index in [1.54, 1.807) is 12.1 Å². The number of aromatic nitrogens is 2. The SMILES string of the molecule is O=C1CCCN1Cc1ccc(N=C(c2ccccc2)c2c(O)[nH]c3ccc([N+](=O)[O-])cc23)cc1.O=C1CCCN1Cc1cccc(N=C(c2ccccc2)c2c(O)[nH]c3ccc([N+](=O)[O-])cc23)c1. The number of carbonyl (C=O) groups is 2. The number of nitro benzene ring substituents is 2. The topological polar surface area (TPSA) is 224 Å². The van der Waals surface area contributed by atoms with Gasteiger partial charge in [-0.05, 0) is 60.4 Å². The van der Waals surface area contributed by atoms with Gasteiger partial charge in [0.05, 0.1) is 43.8 Å². The van der Waals surface area contributed by atoms with Crippen LogP contribution in [0.5, 0.6) is 11.8 Å². The van der Waals surface area contributed by atoms with Gasteiger partial charge in [0.15, 0.2) is 11.8 Å². The Balaban J connectivity index is 0.000000170. The third-order valence-electron chi connectivity index (χ3n) is 11.9. The predicted molar refractivity (Wildman–Crippen MR) is 259 cm³/mol. The molecule has 2 fully saturated rings. The number of H-pyrrole nitrogens is 2. The third kappa shape index (κ3) is 9.55. The number of carbonyl (C=O) groups excluding carboxylic acids is 2. The van der Waals surface area contributed by atoms with Gasteiger partial charge in [0.1, 0.15) is 0 Å². The first-order valence-corrected chi connectivity index (χ1v) is 22.0.